The van der Waals surface area contributed by atoms with E-state index in [2.05, 4.69) is 4.98 Å². The molecule has 1 aromatic rings. The zero-order chi connectivity index (χ0) is 14.9. The van der Waals surface area contributed by atoms with Gasteiger partial charge in [0.1, 0.15) is 5.69 Å². The molecule has 1 spiro atoms. The Bertz CT molecular complexity index is 547. The summed E-state index contributed by atoms with van der Waals surface area (Å²) >= 11 is 0. The van der Waals surface area contributed by atoms with E-state index in [-0.39, 0.29) is 11.6 Å². The number of amides is 1. The van der Waals surface area contributed by atoms with E-state index in [9.17, 15) is 9.59 Å². The minimum atomic E-state index is -1.07. The second-order valence-electron chi connectivity index (χ2n) is 6.27. The van der Waals surface area contributed by atoms with E-state index in [4.69, 9.17) is 5.11 Å². The molecule has 1 saturated heterocycles. The highest BCUT2D eigenvalue weighted by molar-refractivity contribution is 5.95. The highest BCUT2D eigenvalue weighted by Crippen LogP contribution is 2.43. The van der Waals surface area contributed by atoms with Gasteiger partial charge in [0.05, 0.1) is 5.56 Å². The molecule has 0 unspecified atom stereocenters. The molecule has 5 nitrogen and oxygen atoms in total. The van der Waals surface area contributed by atoms with Crippen LogP contribution in [0.1, 0.15) is 59.4 Å². The third-order valence-electron chi connectivity index (χ3n) is 4.87. The molecule has 0 radical (unpaired) electrons. The summed E-state index contributed by atoms with van der Waals surface area (Å²) in [4.78, 5) is 29.0. The third-order valence-corrected chi connectivity index (χ3v) is 4.87. The molecule has 0 atom stereocenters. The van der Waals surface area contributed by atoms with Crippen molar-refractivity contribution in [2.75, 3.05) is 13.1 Å². The van der Waals surface area contributed by atoms with Crippen LogP contribution >= 0.6 is 0 Å². The first-order valence-corrected chi connectivity index (χ1v) is 7.58. The second-order valence-corrected chi connectivity index (χ2v) is 6.27. The Morgan fingerprint density at radius 3 is 2.52 bits per heavy atom. The Morgan fingerprint density at radius 1 is 1.14 bits per heavy atom. The molecule has 1 amide bonds. The standard InChI is InChI=1S/C16H20N2O3/c19-14(12-4-5-13(15(20)21)17-10-12)18-9-8-16(11-18)6-2-1-3-7-16/h4-5,10H,1-3,6-9,11H2,(H,20,21). The lowest BCUT2D eigenvalue weighted by Crippen LogP contribution is -2.33. The summed E-state index contributed by atoms with van der Waals surface area (Å²) in [6.07, 6.45) is 8.79. The zero-order valence-corrected chi connectivity index (χ0v) is 12.0. The molecule has 0 bridgehead atoms. The number of carbonyl (C=O) groups excluding carboxylic acids is 1. The fourth-order valence-corrected chi connectivity index (χ4v) is 3.65. The summed E-state index contributed by atoms with van der Waals surface area (Å²) in [6.45, 7) is 1.64. The molecule has 112 valence electrons. The summed E-state index contributed by atoms with van der Waals surface area (Å²) in [5.74, 6) is -1.10. The molecule has 1 aliphatic carbocycles. The molecule has 5 heteroatoms. The Kier molecular flexibility index (Phi) is 3.66. The average Bonchev–Trinajstić information content (AvgIpc) is 2.91. The van der Waals surface area contributed by atoms with E-state index in [1.807, 2.05) is 4.90 Å². The number of pyridine rings is 1. The topological polar surface area (TPSA) is 70.5 Å². The van der Waals surface area contributed by atoms with Crippen molar-refractivity contribution in [1.29, 1.82) is 0 Å². The number of aromatic nitrogens is 1. The minimum Gasteiger partial charge on any atom is -0.477 e. The van der Waals surface area contributed by atoms with Crippen LogP contribution in [0.15, 0.2) is 18.3 Å². The summed E-state index contributed by atoms with van der Waals surface area (Å²) in [5, 5.41) is 8.83. The summed E-state index contributed by atoms with van der Waals surface area (Å²) in [5.41, 5.74) is 0.784. The first kappa shape index (κ1) is 14.0. The van der Waals surface area contributed by atoms with Gasteiger partial charge in [-0.15, -0.1) is 0 Å². The number of hydrogen-bond acceptors (Lipinski definition) is 3. The number of carboxylic acids is 1. The van der Waals surface area contributed by atoms with Crippen molar-refractivity contribution < 1.29 is 14.7 Å². The maximum Gasteiger partial charge on any atom is 0.354 e. The highest BCUT2D eigenvalue weighted by atomic mass is 16.4. The van der Waals surface area contributed by atoms with Gasteiger partial charge in [-0.2, -0.15) is 0 Å². The largest absolute Gasteiger partial charge is 0.477 e. The lowest BCUT2D eigenvalue weighted by atomic mass is 9.73. The van der Waals surface area contributed by atoms with Crippen molar-refractivity contribution in [2.45, 2.75) is 38.5 Å². The van der Waals surface area contributed by atoms with Gasteiger partial charge in [0.15, 0.2) is 0 Å². The first-order valence-electron chi connectivity index (χ1n) is 7.58. The van der Waals surface area contributed by atoms with Gasteiger partial charge in [0, 0.05) is 19.3 Å². The van der Waals surface area contributed by atoms with Crippen LogP contribution in [0.5, 0.6) is 0 Å². The van der Waals surface area contributed by atoms with Gasteiger partial charge in [-0.1, -0.05) is 19.3 Å². The fourth-order valence-electron chi connectivity index (χ4n) is 3.65. The summed E-state index contributed by atoms with van der Waals surface area (Å²) in [6, 6.07) is 2.95. The van der Waals surface area contributed by atoms with Crippen molar-refractivity contribution >= 4 is 11.9 Å². The third kappa shape index (κ3) is 2.77. The molecule has 0 aromatic carbocycles. The molecule has 2 fully saturated rings. The van der Waals surface area contributed by atoms with Crippen LogP contribution in [0.3, 0.4) is 0 Å². The first-order chi connectivity index (χ1) is 10.1. The van der Waals surface area contributed by atoms with Crippen LogP contribution in [0, 0.1) is 5.41 Å². The lowest BCUT2D eigenvalue weighted by molar-refractivity contribution is 0.0687. The predicted octanol–water partition coefficient (Wildman–Crippen LogP) is 2.58. The van der Waals surface area contributed by atoms with E-state index < -0.39 is 5.97 Å². The van der Waals surface area contributed by atoms with Crippen LogP contribution in [0.4, 0.5) is 0 Å². The van der Waals surface area contributed by atoms with Crippen molar-refractivity contribution in [3.8, 4) is 0 Å². The van der Waals surface area contributed by atoms with E-state index in [0.29, 0.717) is 11.0 Å². The molecule has 3 rings (SSSR count). The average molecular weight is 288 g/mol. The van der Waals surface area contributed by atoms with Crippen molar-refractivity contribution in [2.24, 2.45) is 5.41 Å². The van der Waals surface area contributed by atoms with Gasteiger partial charge < -0.3 is 10.0 Å². The van der Waals surface area contributed by atoms with Gasteiger partial charge in [-0.05, 0) is 36.8 Å². The number of aromatic carboxylic acids is 1. The molecule has 2 heterocycles. The predicted molar refractivity (Wildman–Crippen MR) is 77.2 cm³/mol. The van der Waals surface area contributed by atoms with Crippen LogP contribution in [0.25, 0.3) is 0 Å². The SMILES string of the molecule is O=C(O)c1ccc(C(=O)N2CCC3(CCCCC3)C2)cn1. The highest BCUT2D eigenvalue weighted by Gasteiger charge is 2.40. The normalized spacial score (nSPS) is 20.7. The Balaban J connectivity index is 1.69. The van der Waals surface area contributed by atoms with Crippen molar-refractivity contribution in [1.82, 2.24) is 9.88 Å². The number of nitrogens with zero attached hydrogens (tertiary/aromatic N) is 2. The van der Waals surface area contributed by atoms with Crippen molar-refractivity contribution in [3.63, 3.8) is 0 Å². The zero-order valence-electron chi connectivity index (χ0n) is 12.0. The van der Waals surface area contributed by atoms with E-state index in [1.54, 1.807) is 6.07 Å². The smallest absolute Gasteiger partial charge is 0.354 e. The quantitative estimate of drug-likeness (QED) is 0.908. The summed E-state index contributed by atoms with van der Waals surface area (Å²) in [7, 11) is 0. The second kappa shape index (κ2) is 5.47. The number of carbonyl (C=O) groups is 2. The van der Waals surface area contributed by atoms with Crippen molar-refractivity contribution in [3.05, 3.63) is 29.6 Å². The van der Waals surface area contributed by atoms with Crippen LogP contribution in [-0.4, -0.2) is 40.0 Å². The number of hydrogen-bond donors (Lipinski definition) is 1. The maximum absolute atomic E-state index is 12.5. The van der Waals surface area contributed by atoms with E-state index in [0.717, 1.165) is 19.5 Å². The van der Waals surface area contributed by atoms with E-state index in [1.165, 1.54) is 44.4 Å². The molecule has 21 heavy (non-hydrogen) atoms. The van der Waals surface area contributed by atoms with Gasteiger partial charge in [0.25, 0.3) is 5.91 Å². The molecule has 1 N–H and O–H groups in total. The summed E-state index contributed by atoms with van der Waals surface area (Å²) < 4.78 is 0. The van der Waals surface area contributed by atoms with Crippen LogP contribution in [0.2, 0.25) is 0 Å². The molecule has 1 aliphatic heterocycles. The Labute approximate surface area is 124 Å². The molecular formula is C16H20N2O3. The molecule has 1 saturated carbocycles. The maximum atomic E-state index is 12.5. The van der Waals surface area contributed by atoms with Crippen LogP contribution < -0.4 is 0 Å². The van der Waals surface area contributed by atoms with Gasteiger partial charge in [-0.25, -0.2) is 9.78 Å². The van der Waals surface area contributed by atoms with E-state index >= 15 is 0 Å². The molecule has 1 aromatic heterocycles. The molecular weight excluding hydrogens is 268 g/mol. The van der Waals surface area contributed by atoms with Gasteiger partial charge >= 0.3 is 5.97 Å². The monoisotopic (exact) mass is 288 g/mol. The number of likely N-dealkylation sites (tertiary alicyclic amines) is 1. The van der Waals surface area contributed by atoms with Gasteiger partial charge in [-0.3, -0.25) is 4.79 Å². The van der Waals surface area contributed by atoms with Crippen LogP contribution in [-0.2, 0) is 0 Å². The minimum absolute atomic E-state index is 0.0260. The Hall–Kier alpha value is -1.91. The fraction of sp³-hybridized carbons (Fsp3) is 0.562. The van der Waals surface area contributed by atoms with Gasteiger partial charge in [0.2, 0.25) is 0 Å². The number of carboxylic acid groups (broad SMARTS) is 1. The molecule has 2 aliphatic rings. The number of rotatable bonds is 2. The Morgan fingerprint density at radius 2 is 1.90 bits per heavy atom. The lowest BCUT2D eigenvalue weighted by Gasteiger charge is -2.33.